The van der Waals surface area contributed by atoms with Crippen LogP contribution in [0.15, 0.2) is 77.8 Å². The van der Waals surface area contributed by atoms with Crippen molar-refractivity contribution in [3.8, 4) is 5.75 Å². The minimum atomic E-state index is -3.90. The van der Waals surface area contributed by atoms with Crippen LogP contribution in [0.1, 0.15) is 10.5 Å². The van der Waals surface area contributed by atoms with Crippen LogP contribution >= 0.6 is 23.2 Å². The van der Waals surface area contributed by atoms with Gasteiger partial charge in [-0.25, -0.2) is 13.1 Å². The Kier molecular flexibility index (Phi) is 6.96. The van der Waals surface area contributed by atoms with Crippen LogP contribution in [0.25, 0.3) is 0 Å². The summed E-state index contributed by atoms with van der Waals surface area (Å²) in [6, 6.07) is 16.8. The first kappa shape index (κ1) is 23.5. The highest BCUT2D eigenvalue weighted by Crippen LogP contribution is 2.19. The molecule has 1 amide bonds. The van der Waals surface area contributed by atoms with Gasteiger partial charge in [-0.3, -0.25) is 9.52 Å². The molecule has 0 aliphatic rings. The van der Waals surface area contributed by atoms with E-state index in [1.165, 1.54) is 53.3 Å². The Morgan fingerprint density at radius 2 is 1.68 bits per heavy atom. The van der Waals surface area contributed by atoms with E-state index in [4.69, 9.17) is 27.9 Å². The van der Waals surface area contributed by atoms with Gasteiger partial charge < -0.3 is 10.1 Å². The summed E-state index contributed by atoms with van der Waals surface area (Å²) < 4.78 is 34.4. The number of carbonyl (C=O) groups is 1. The molecule has 0 saturated carbocycles. The van der Waals surface area contributed by atoms with Crippen LogP contribution in [-0.2, 0) is 16.8 Å². The van der Waals surface area contributed by atoms with E-state index in [2.05, 4.69) is 25.3 Å². The van der Waals surface area contributed by atoms with E-state index >= 15 is 0 Å². The lowest BCUT2D eigenvalue weighted by molar-refractivity contribution is 0.100. The highest BCUT2D eigenvalue weighted by atomic mass is 35.5. The van der Waals surface area contributed by atoms with Crippen LogP contribution in [0.3, 0.4) is 0 Å². The van der Waals surface area contributed by atoms with Crippen molar-refractivity contribution >= 4 is 50.6 Å². The molecule has 0 bridgehead atoms. The first-order valence-corrected chi connectivity index (χ1v) is 11.9. The highest BCUT2D eigenvalue weighted by molar-refractivity contribution is 7.92. The highest BCUT2D eigenvalue weighted by Gasteiger charge is 2.17. The van der Waals surface area contributed by atoms with Gasteiger partial charge in [0.2, 0.25) is 0 Å². The Bertz CT molecular complexity index is 1390. The van der Waals surface area contributed by atoms with E-state index in [9.17, 15) is 13.2 Å². The third-order valence-corrected chi connectivity index (χ3v) is 6.23. The lowest BCUT2D eigenvalue weighted by Crippen LogP contribution is -2.20. The predicted octanol–water partition coefficient (Wildman–Crippen LogP) is 4.07. The number of amides is 1. The van der Waals surface area contributed by atoms with Crippen LogP contribution in [0.4, 0.5) is 11.5 Å². The molecule has 4 rings (SSSR count). The largest absolute Gasteiger partial charge is 0.471 e. The molecule has 0 atom stereocenters. The van der Waals surface area contributed by atoms with E-state index in [0.29, 0.717) is 16.5 Å². The molecular formula is C21H16Cl2N6O4S. The van der Waals surface area contributed by atoms with E-state index < -0.39 is 15.9 Å². The fourth-order valence-corrected chi connectivity index (χ4v) is 4.00. The molecule has 0 aliphatic heterocycles. The molecule has 2 aromatic heterocycles. The van der Waals surface area contributed by atoms with Crippen LogP contribution < -0.4 is 14.8 Å². The molecule has 0 aliphatic carbocycles. The smallest absolute Gasteiger partial charge is 0.274 e. The molecule has 4 aromatic rings. The Morgan fingerprint density at radius 3 is 2.35 bits per heavy atom. The summed E-state index contributed by atoms with van der Waals surface area (Å²) in [5, 5.41) is 14.8. The first-order valence-electron chi connectivity index (χ1n) is 9.64. The number of anilines is 2. The maximum Gasteiger partial charge on any atom is 0.274 e. The van der Waals surface area contributed by atoms with Crippen molar-refractivity contribution < 1.29 is 17.9 Å². The molecule has 2 aromatic carbocycles. The molecule has 0 spiro atoms. The molecule has 10 nitrogen and oxygen atoms in total. The summed E-state index contributed by atoms with van der Waals surface area (Å²) in [5.41, 5.74) is 0.648. The number of sulfonamides is 1. The lowest BCUT2D eigenvalue weighted by Gasteiger charge is -2.11. The molecular weight excluding hydrogens is 503 g/mol. The molecule has 0 radical (unpaired) electrons. The zero-order chi connectivity index (χ0) is 24.1. The van der Waals surface area contributed by atoms with E-state index in [1.54, 1.807) is 24.3 Å². The van der Waals surface area contributed by atoms with Crippen molar-refractivity contribution in [2.45, 2.75) is 11.6 Å². The maximum atomic E-state index is 12.7. The SMILES string of the molecule is O=C(Nc1ccc(S(=O)(=O)Nc2ccc(Cl)nn2)cc1)c1ccnn1COc1ccc(Cl)cc1. The van der Waals surface area contributed by atoms with Crippen molar-refractivity contribution in [1.82, 2.24) is 20.0 Å². The average Bonchev–Trinajstić information content (AvgIpc) is 3.29. The third-order valence-electron chi connectivity index (χ3n) is 4.41. The van der Waals surface area contributed by atoms with Gasteiger partial charge in [0.1, 0.15) is 11.4 Å². The number of ether oxygens (including phenoxy) is 1. The van der Waals surface area contributed by atoms with Crippen molar-refractivity contribution in [3.63, 3.8) is 0 Å². The Morgan fingerprint density at radius 1 is 0.941 bits per heavy atom. The number of halogens is 2. The van der Waals surface area contributed by atoms with Crippen LogP contribution in [0.2, 0.25) is 10.2 Å². The second kappa shape index (κ2) is 10.1. The summed E-state index contributed by atoms with van der Waals surface area (Å²) in [4.78, 5) is 12.7. The Labute approximate surface area is 204 Å². The summed E-state index contributed by atoms with van der Waals surface area (Å²) >= 11 is 11.5. The van der Waals surface area contributed by atoms with Crippen molar-refractivity contribution in [2.75, 3.05) is 10.0 Å². The van der Waals surface area contributed by atoms with Gasteiger partial charge in [-0.05, 0) is 66.7 Å². The summed E-state index contributed by atoms with van der Waals surface area (Å²) in [6.07, 6.45) is 1.47. The minimum Gasteiger partial charge on any atom is -0.471 e. The fraction of sp³-hybridized carbons (Fsp3) is 0.0476. The third kappa shape index (κ3) is 5.81. The van der Waals surface area contributed by atoms with Crippen LogP contribution in [0.5, 0.6) is 5.75 Å². The molecule has 34 heavy (non-hydrogen) atoms. The molecule has 2 N–H and O–H groups in total. The second-order valence-corrected chi connectivity index (χ2v) is 9.27. The number of carbonyl (C=O) groups excluding carboxylic acids is 1. The number of nitrogens with one attached hydrogen (secondary N) is 2. The molecule has 0 unspecified atom stereocenters. The van der Waals surface area contributed by atoms with Gasteiger partial charge in [0.15, 0.2) is 17.7 Å². The van der Waals surface area contributed by atoms with E-state index in [0.717, 1.165) is 0 Å². The van der Waals surface area contributed by atoms with Gasteiger partial charge in [0.25, 0.3) is 15.9 Å². The number of benzene rings is 2. The van der Waals surface area contributed by atoms with E-state index in [1.807, 2.05) is 0 Å². The average molecular weight is 519 g/mol. The number of aromatic nitrogens is 4. The normalized spacial score (nSPS) is 11.1. The summed E-state index contributed by atoms with van der Waals surface area (Å²) in [6.45, 7) is 0.00777. The Balaban J connectivity index is 1.40. The lowest BCUT2D eigenvalue weighted by atomic mass is 10.3. The van der Waals surface area contributed by atoms with E-state index in [-0.39, 0.29) is 28.3 Å². The van der Waals surface area contributed by atoms with Gasteiger partial charge in [-0.2, -0.15) is 5.10 Å². The van der Waals surface area contributed by atoms with Gasteiger partial charge in [0, 0.05) is 16.9 Å². The quantitative estimate of drug-likeness (QED) is 0.359. The summed E-state index contributed by atoms with van der Waals surface area (Å²) in [7, 11) is -3.90. The van der Waals surface area contributed by atoms with Gasteiger partial charge >= 0.3 is 0 Å². The van der Waals surface area contributed by atoms with Crippen LogP contribution in [-0.4, -0.2) is 34.3 Å². The Hall–Kier alpha value is -3.67. The zero-order valence-electron chi connectivity index (χ0n) is 17.2. The number of hydrogen-bond donors (Lipinski definition) is 2. The predicted molar refractivity (Wildman–Crippen MR) is 127 cm³/mol. The van der Waals surface area contributed by atoms with Crippen LogP contribution in [0, 0.1) is 0 Å². The zero-order valence-corrected chi connectivity index (χ0v) is 19.5. The number of nitrogens with zero attached hydrogens (tertiary/aromatic N) is 4. The second-order valence-electron chi connectivity index (χ2n) is 6.77. The number of rotatable bonds is 8. The minimum absolute atomic E-state index is 0.00777. The fourth-order valence-electron chi connectivity index (χ4n) is 2.77. The van der Waals surface area contributed by atoms with Gasteiger partial charge in [-0.1, -0.05) is 23.2 Å². The molecule has 13 heteroatoms. The molecule has 174 valence electrons. The van der Waals surface area contributed by atoms with Crippen molar-refractivity contribution in [3.05, 3.63) is 88.8 Å². The van der Waals surface area contributed by atoms with Gasteiger partial charge in [-0.15, -0.1) is 10.2 Å². The first-order chi connectivity index (χ1) is 16.3. The maximum absolute atomic E-state index is 12.7. The number of hydrogen-bond acceptors (Lipinski definition) is 7. The van der Waals surface area contributed by atoms with Crippen molar-refractivity contribution in [2.24, 2.45) is 0 Å². The molecule has 2 heterocycles. The standard InChI is InChI=1S/C21H16Cl2N6O4S/c22-14-1-5-16(6-2-14)33-13-29-18(11-12-24-29)21(30)25-15-3-7-17(8-4-15)34(31,32)28-20-10-9-19(23)26-27-20/h1-12H,13H2,(H,25,30)(H,27,28). The topological polar surface area (TPSA) is 128 Å². The van der Waals surface area contributed by atoms with Gasteiger partial charge in [0.05, 0.1) is 4.90 Å². The van der Waals surface area contributed by atoms with Crippen molar-refractivity contribution in [1.29, 1.82) is 0 Å². The summed E-state index contributed by atoms with van der Waals surface area (Å²) in [5.74, 6) is 0.152. The molecule has 0 fully saturated rings. The molecule has 0 saturated heterocycles. The monoisotopic (exact) mass is 518 g/mol.